The lowest BCUT2D eigenvalue weighted by Crippen LogP contribution is -2.43. The molecule has 0 unspecified atom stereocenters. The van der Waals surface area contributed by atoms with Crippen LogP contribution in [0.5, 0.6) is 0 Å². The largest absolute Gasteiger partial charge is 0.500 e. The van der Waals surface area contributed by atoms with E-state index in [0.29, 0.717) is 12.0 Å². The first kappa shape index (κ1) is 22.7. The minimum atomic E-state index is -2.40. The Bertz CT molecular complexity index is 311. The molecule has 0 saturated carbocycles. The van der Waals surface area contributed by atoms with Crippen molar-refractivity contribution < 1.29 is 13.3 Å². The molecule has 0 fully saturated rings. The Balaban J connectivity index is 3.90. The molecule has 0 spiro atoms. The van der Waals surface area contributed by atoms with E-state index in [0.717, 1.165) is 44.8 Å². The van der Waals surface area contributed by atoms with Crippen LogP contribution in [0.2, 0.25) is 6.04 Å². The molecule has 23 heavy (non-hydrogen) atoms. The molecule has 0 radical (unpaired) electrons. The maximum Gasteiger partial charge on any atom is 0.500 e. The van der Waals surface area contributed by atoms with E-state index < -0.39 is 8.80 Å². The fraction of sp³-hybridized carbons (Fsp3) is 0.941. The second-order valence-corrected chi connectivity index (χ2v) is 9.73. The summed E-state index contributed by atoms with van der Waals surface area (Å²) in [4.78, 5) is 4.76. The molecule has 0 atom stereocenters. The summed E-state index contributed by atoms with van der Waals surface area (Å²) in [5.41, 5.74) is 1.36. The molecule has 0 aliphatic rings. The summed E-state index contributed by atoms with van der Waals surface area (Å²) >= 11 is 0. The average Bonchev–Trinajstić information content (AvgIpc) is 2.49. The molecule has 0 bridgehead atoms. The van der Waals surface area contributed by atoms with Gasteiger partial charge in [0.05, 0.1) is 0 Å². The Morgan fingerprint density at radius 3 is 2.00 bits per heavy atom. The van der Waals surface area contributed by atoms with Crippen LogP contribution in [0.3, 0.4) is 0 Å². The molecule has 1 N–H and O–H groups in total. The Kier molecular flexibility index (Phi) is 12.9. The lowest BCUT2D eigenvalue weighted by atomic mass is 10.0. The number of rotatable bonds is 14. The smallest absolute Gasteiger partial charge is 0.377 e. The summed E-state index contributed by atoms with van der Waals surface area (Å²) in [5.74, 6) is 0.677. The minimum Gasteiger partial charge on any atom is -0.377 e. The van der Waals surface area contributed by atoms with E-state index >= 15 is 0 Å². The maximum atomic E-state index is 5.42. The van der Waals surface area contributed by atoms with Crippen LogP contribution in [0.25, 0.3) is 0 Å². The van der Waals surface area contributed by atoms with Crippen molar-refractivity contribution in [3.05, 3.63) is 0 Å². The lowest BCUT2D eigenvalue weighted by molar-refractivity contribution is 0.123. The van der Waals surface area contributed by atoms with Gasteiger partial charge in [-0.05, 0) is 58.5 Å². The zero-order chi connectivity index (χ0) is 17.7. The molecule has 0 rings (SSSR count). The van der Waals surface area contributed by atoms with Crippen molar-refractivity contribution in [2.75, 3.05) is 34.4 Å². The van der Waals surface area contributed by atoms with Gasteiger partial charge in [-0.1, -0.05) is 13.8 Å². The van der Waals surface area contributed by atoms with Crippen molar-refractivity contribution in [3.8, 4) is 0 Å². The van der Waals surface area contributed by atoms with Gasteiger partial charge in [-0.3, -0.25) is 4.99 Å². The topological polar surface area (TPSA) is 52.1 Å². The monoisotopic (exact) mass is 346 g/mol. The summed E-state index contributed by atoms with van der Waals surface area (Å²) in [6, 6.07) is 1.24. The van der Waals surface area contributed by atoms with Gasteiger partial charge in [0.25, 0.3) is 0 Å². The van der Waals surface area contributed by atoms with Crippen LogP contribution in [-0.4, -0.2) is 55.0 Å². The molecule has 5 nitrogen and oxygen atoms in total. The van der Waals surface area contributed by atoms with Crippen molar-refractivity contribution in [3.63, 3.8) is 0 Å². The van der Waals surface area contributed by atoms with Crippen LogP contribution in [-0.2, 0) is 13.3 Å². The molecule has 0 amide bonds. The van der Waals surface area contributed by atoms with E-state index in [4.69, 9.17) is 18.3 Å². The summed E-state index contributed by atoms with van der Waals surface area (Å²) in [7, 11) is 2.59. The molecule has 0 aliphatic carbocycles. The number of hydrogen-bond donors (Lipinski definition) is 1. The number of hydrogen-bond acceptors (Lipinski definition) is 5. The second-order valence-electron chi connectivity index (χ2n) is 6.64. The summed E-state index contributed by atoms with van der Waals surface area (Å²) in [6.07, 6.45) is 4.35. The Labute approximate surface area is 144 Å². The highest BCUT2D eigenvalue weighted by Gasteiger charge is 2.36. The third-order valence-corrected chi connectivity index (χ3v) is 6.51. The van der Waals surface area contributed by atoms with E-state index in [1.54, 1.807) is 21.3 Å². The van der Waals surface area contributed by atoms with Crippen molar-refractivity contribution in [1.82, 2.24) is 5.32 Å². The van der Waals surface area contributed by atoms with Crippen LogP contribution in [0.4, 0.5) is 0 Å². The van der Waals surface area contributed by atoms with Gasteiger partial charge in [0.2, 0.25) is 0 Å². The predicted octanol–water partition coefficient (Wildman–Crippen LogP) is 3.52. The molecule has 0 aromatic heterocycles. The third-order valence-electron chi connectivity index (χ3n) is 3.67. The van der Waals surface area contributed by atoms with E-state index in [1.165, 1.54) is 5.71 Å². The maximum absolute atomic E-state index is 5.42. The van der Waals surface area contributed by atoms with Crippen molar-refractivity contribution >= 4 is 14.5 Å². The quantitative estimate of drug-likeness (QED) is 0.297. The number of nitrogens with zero attached hydrogens (tertiary/aromatic N) is 1. The van der Waals surface area contributed by atoms with E-state index in [1.807, 2.05) is 0 Å². The lowest BCUT2D eigenvalue weighted by Gasteiger charge is -2.24. The number of nitrogens with one attached hydrogen (secondary N) is 1. The van der Waals surface area contributed by atoms with Gasteiger partial charge in [0.1, 0.15) is 0 Å². The van der Waals surface area contributed by atoms with Crippen LogP contribution in [0.15, 0.2) is 4.99 Å². The second kappa shape index (κ2) is 13.1. The van der Waals surface area contributed by atoms with E-state index in [9.17, 15) is 0 Å². The first-order valence-corrected chi connectivity index (χ1v) is 10.7. The Morgan fingerprint density at radius 2 is 1.52 bits per heavy atom. The van der Waals surface area contributed by atoms with Crippen molar-refractivity contribution in [2.24, 2.45) is 10.9 Å². The first-order chi connectivity index (χ1) is 10.9. The molecule has 0 aromatic carbocycles. The standard InChI is InChI=1S/C17H38N2O3Si/c1-15(2)14-17(19-16(3)4)10-8-11-18-12-9-13-23(20-5,21-6)22-7/h15-16,18H,8-14H2,1-7H3. The minimum absolute atomic E-state index is 0.395. The molecule has 6 heteroatoms. The molecule has 0 heterocycles. The first-order valence-electron chi connectivity index (χ1n) is 8.80. The highest BCUT2D eigenvalue weighted by Crippen LogP contribution is 2.14. The highest BCUT2D eigenvalue weighted by molar-refractivity contribution is 6.60. The molecule has 0 saturated heterocycles. The van der Waals surface area contributed by atoms with Crippen LogP contribution in [0, 0.1) is 5.92 Å². The zero-order valence-corrected chi connectivity index (χ0v) is 17.3. The van der Waals surface area contributed by atoms with Gasteiger partial charge in [-0.25, -0.2) is 0 Å². The summed E-state index contributed by atoms with van der Waals surface area (Å²) in [6.45, 7) is 10.8. The Hall–Kier alpha value is -0.273. The average molecular weight is 347 g/mol. The van der Waals surface area contributed by atoms with Crippen LogP contribution >= 0.6 is 0 Å². The van der Waals surface area contributed by atoms with Gasteiger partial charge in [0, 0.05) is 39.1 Å². The molecular formula is C17H38N2O3Si. The van der Waals surface area contributed by atoms with Crippen molar-refractivity contribution in [1.29, 1.82) is 0 Å². The normalized spacial score (nSPS) is 13.3. The molecule has 0 aliphatic heterocycles. The predicted molar refractivity (Wildman–Crippen MR) is 100 cm³/mol. The van der Waals surface area contributed by atoms with E-state index in [-0.39, 0.29) is 0 Å². The summed E-state index contributed by atoms with van der Waals surface area (Å²) in [5, 5.41) is 3.49. The number of aliphatic imine (C=N–C) groups is 1. The fourth-order valence-electron chi connectivity index (χ4n) is 2.58. The van der Waals surface area contributed by atoms with Gasteiger partial charge in [0.15, 0.2) is 0 Å². The van der Waals surface area contributed by atoms with Crippen LogP contribution in [0.1, 0.15) is 53.4 Å². The summed E-state index contributed by atoms with van der Waals surface area (Å²) < 4.78 is 16.3. The van der Waals surface area contributed by atoms with Gasteiger partial charge >= 0.3 is 8.80 Å². The van der Waals surface area contributed by atoms with Gasteiger partial charge in [-0.15, -0.1) is 0 Å². The zero-order valence-electron chi connectivity index (χ0n) is 16.3. The molecular weight excluding hydrogens is 308 g/mol. The fourth-order valence-corrected chi connectivity index (χ4v) is 4.31. The highest BCUT2D eigenvalue weighted by atomic mass is 28.4. The van der Waals surface area contributed by atoms with Crippen LogP contribution < -0.4 is 5.32 Å². The third kappa shape index (κ3) is 11.0. The van der Waals surface area contributed by atoms with Gasteiger partial charge in [-0.2, -0.15) is 0 Å². The molecule has 138 valence electrons. The SMILES string of the molecule is CO[Si](CCCNCCCC(CC(C)C)=NC(C)C)(OC)OC. The molecule has 0 aromatic rings. The van der Waals surface area contributed by atoms with Gasteiger partial charge < -0.3 is 18.6 Å². The Morgan fingerprint density at radius 1 is 0.957 bits per heavy atom. The van der Waals surface area contributed by atoms with E-state index in [2.05, 4.69) is 33.0 Å². The van der Waals surface area contributed by atoms with Crippen molar-refractivity contribution in [2.45, 2.75) is 65.5 Å².